The van der Waals surface area contributed by atoms with E-state index in [0.29, 0.717) is 36.9 Å². The fraction of sp³-hybridized carbons (Fsp3) is 0.424. The van der Waals surface area contributed by atoms with Crippen LogP contribution in [0.25, 0.3) is 22.3 Å². The van der Waals surface area contributed by atoms with E-state index in [0.717, 1.165) is 76.1 Å². The molecular weight excluding hydrogens is 1020 g/mol. The second kappa shape index (κ2) is 31.9. The van der Waals surface area contributed by atoms with Crippen molar-refractivity contribution in [2.24, 2.45) is 11.8 Å². The summed E-state index contributed by atoms with van der Waals surface area (Å²) in [5.41, 5.74) is 10.2. The molecule has 0 radical (unpaired) electrons. The molecule has 3 aromatic carbocycles. The third kappa shape index (κ3) is 19.2. The topological polar surface area (TPSA) is 199 Å². The summed E-state index contributed by atoms with van der Waals surface area (Å²) in [6.45, 7) is 18.9. The molecule has 432 valence electrons. The number of nitrogens with zero attached hydrogens (tertiary/aromatic N) is 4. The predicted molar refractivity (Wildman–Crippen MR) is 318 cm³/mol. The zero-order chi connectivity index (χ0) is 57.7. The van der Waals surface area contributed by atoms with Gasteiger partial charge in [0.2, 0.25) is 17.7 Å². The highest BCUT2D eigenvalue weighted by Crippen LogP contribution is 2.32. The molecule has 2 fully saturated rings. The molecule has 0 saturated carbocycles. The average molecular weight is 1110 g/mol. The molecule has 2 unspecified atom stereocenters. The first kappa shape index (κ1) is 64.0. The van der Waals surface area contributed by atoms with Gasteiger partial charge in [0.1, 0.15) is 18.7 Å². The smallest absolute Gasteiger partial charge is 0.308 e. The van der Waals surface area contributed by atoms with Crippen LogP contribution in [0.1, 0.15) is 150 Å². The first-order valence-corrected chi connectivity index (χ1v) is 28.0. The summed E-state index contributed by atoms with van der Waals surface area (Å²) < 4.78 is 12.0. The lowest BCUT2D eigenvalue weighted by atomic mass is 9.94. The number of hydrogen-bond acceptors (Lipinski definition) is 10. The van der Waals surface area contributed by atoms with Crippen LogP contribution in [0.2, 0.25) is 0 Å². The molecule has 15 nitrogen and oxygen atoms in total. The van der Waals surface area contributed by atoms with Crippen molar-refractivity contribution < 1.29 is 38.6 Å². The zero-order valence-corrected chi connectivity index (χ0v) is 47.8. The molecule has 8 rings (SSSR count). The van der Waals surface area contributed by atoms with E-state index in [1.165, 1.54) is 23.5 Å². The van der Waals surface area contributed by atoms with Gasteiger partial charge in [0.25, 0.3) is 5.56 Å². The molecule has 2 aliphatic heterocycles. The van der Waals surface area contributed by atoms with Crippen molar-refractivity contribution in [2.75, 3.05) is 19.8 Å². The lowest BCUT2D eigenvalue weighted by Crippen LogP contribution is -2.52. The van der Waals surface area contributed by atoms with Crippen LogP contribution in [0.3, 0.4) is 0 Å². The standard InChI is InChI=1S/C34H37N3O4.C27H35N3O4.C4H8O.CH4/c1-23(2)17-30(37-16-9-8-15-31(37)38)34(40)36-29(19-32(39)41-22-26-13-6-5-7-14-26)27-18-28(21-35-20-27)33-24(3)11-10-12-25(33)4;1-17(2)12-23(30-11-6-5-10-24(30)31)27(34)29-22(14-25(32)33)20-13-21(16-28-15-20)26-18(3)8-7-9-19(26)4;1-2-4-5-3-1;/h5-16,18,20-21,23,29-30H,17,19,22H2,1-4H3,(H,36,40);7-9,13,15-17,22-23H,5-6,10-12,14H2,1-4H3,(H,29,34)(H,32,33);1-4H2;1H4/t29-,30?;22-,23?;;/m11../s1. The van der Waals surface area contributed by atoms with Gasteiger partial charge >= 0.3 is 11.9 Å². The molecule has 3 aromatic heterocycles. The maximum absolute atomic E-state index is 13.8. The molecule has 0 aliphatic carbocycles. The van der Waals surface area contributed by atoms with Crippen LogP contribution in [0.15, 0.2) is 133 Å². The first-order valence-electron chi connectivity index (χ1n) is 28.0. The molecule has 0 spiro atoms. The van der Waals surface area contributed by atoms with Gasteiger partial charge in [0.15, 0.2) is 0 Å². The summed E-state index contributed by atoms with van der Waals surface area (Å²) in [6.07, 6.45) is 13.8. The van der Waals surface area contributed by atoms with Gasteiger partial charge in [-0.25, -0.2) is 0 Å². The van der Waals surface area contributed by atoms with Gasteiger partial charge in [-0.1, -0.05) is 108 Å². The highest BCUT2D eigenvalue weighted by atomic mass is 16.5. The number of aliphatic carboxylic acids is 1. The minimum atomic E-state index is -1.02. The minimum absolute atomic E-state index is 0. The first-order chi connectivity index (χ1) is 38.4. The number of pyridine rings is 3. The van der Waals surface area contributed by atoms with E-state index in [1.54, 1.807) is 48.0 Å². The molecule has 15 heteroatoms. The zero-order valence-electron chi connectivity index (χ0n) is 47.8. The van der Waals surface area contributed by atoms with Crippen LogP contribution in [0.4, 0.5) is 0 Å². The summed E-state index contributed by atoms with van der Waals surface area (Å²) in [5.74, 6) is -1.77. The molecule has 3 amide bonds. The number of ether oxygens (including phenoxy) is 2. The number of hydrogen-bond donors (Lipinski definition) is 3. The van der Waals surface area contributed by atoms with Gasteiger partial charge in [-0.3, -0.25) is 38.7 Å². The molecule has 6 aromatic rings. The number of amides is 3. The van der Waals surface area contributed by atoms with Crippen molar-refractivity contribution in [1.82, 2.24) is 30.1 Å². The maximum atomic E-state index is 13.8. The second-order valence-corrected chi connectivity index (χ2v) is 21.7. The van der Waals surface area contributed by atoms with E-state index in [-0.39, 0.29) is 62.0 Å². The largest absolute Gasteiger partial charge is 0.481 e. The maximum Gasteiger partial charge on any atom is 0.308 e. The number of carbonyl (C=O) groups excluding carboxylic acids is 4. The predicted octanol–water partition coefficient (Wildman–Crippen LogP) is 12.0. The van der Waals surface area contributed by atoms with Crippen molar-refractivity contribution in [3.8, 4) is 22.3 Å². The van der Waals surface area contributed by atoms with Gasteiger partial charge in [-0.2, -0.15) is 0 Å². The third-order valence-corrected chi connectivity index (χ3v) is 14.2. The number of benzene rings is 3. The summed E-state index contributed by atoms with van der Waals surface area (Å²) >= 11 is 0. The summed E-state index contributed by atoms with van der Waals surface area (Å²) in [7, 11) is 0. The lowest BCUT2D eigenvalue weighted by molar-refractivity contribution is -0.146. The van der Waals surface area contributed by atoms with E-state index in [1.807, 2.05) is 134 Å². The number of esters is 1. The van der Waals surface area contributed by atoms with Gasteiger partial charge in [-0.15, -0.1) is 0 Å². The highest BCUT2D eigenvalue weighted by Gasteiger charge is 2.34. The van der Waals surface area contributed by atoms with Crippen molar-refractivity contribution in [2.45, 2.75) is 151 Å². The van der Waals surface area contributed by atoms with Crippen LogP contribution < -0.4 is 16.2 Å². The van der Waals surface area contributed by atoms with Crippen molar-refractivity contribution in [3.63, 3.8) is 0 Å². The van der Waals surface area contributed by atoms with E-state index in [9.17, 15) is 33.9 Å². The average Bonchev–Trinajstić information content (AvgIpc) is 4.04. The number of likely N-dealkylation sites (tertiary alicyclic amines) is 1. The number of aromatic nitrogens is 3. The molecule has 4 atom stereocenters. The van der Waals surface area contributed by atoms with E-state index < -0.39 is 36.1 Å². The Morgan fingerprint density at radius 1 is 0.630 bits per heavy atom. The fourth-order valence-corrected chi connectivity index (χ4v) is 10.3. The number of carboxylic acids is 1. The van der Waals surface area contributed by atoms with Crippen LogP contribution >= 0.6 is 0 Å². The minimum Gasteiger partial charge on any atom is -0.481 e. The van der Waals surface area contributed by atoms with Gasteiger partial charge < -0.3 is 34.7 Å². The van der Waals surface area contributed by atoms with E-state index in [4.69, 9.17) is 9.47 Å². The summed E-state index contributed by atoms with van der Waals surface area (Å²) in [5, 5.41) is 15.6. The SMILES string of the molecule is C.C1CCOC1.Cc1cccc(C)c1-c1cncc([C@@H](CC(=O)O)NC(=O)C(CC(C)C)N2CCCCC2=O)c1.Cc1cccc(C)c1-c1cncc([C@@H](CC(=O)OCc2ccccc2)NC(=O)C(CC(C)C)n2ccccc2=O)c1. The molecule has 5 heterocycles. The van der Waals surface area contributed by atoms with Crippen molar-refractivity contribution in [3.05, 3.63) is 177 Å². The van der Waals surface area contributed by atoms with Crippen molar-refractivity contribution >= 4 is 29.7 Å². The molecular formula is C66H84N6O9. The van der Waals surface area contributed by atoms with E-state index in [2.05, 4.69) is 20.6 Å². The number of carbonyl (C=O) groups is 5. The van der Waals surface area contributed by atoms with Gasteiger partial charge in [0.05, 0.1) is 24.9 Å². The number of carboxylic acid groups (broad SMARTS) is 1. The highest BCUT2D eigenvalue weighted by molar-refractivity contribution is 5.89. The molecule has 2 saturated heterocycles. The molecule has 0 bridgehead atoms. The summed E-state index contributed by atoms with van der Waals surface area (Å²) in [4.78, 5) is 87.7. The number of aryl methyl sites for hydroxylation is 4. The molecule has 3 N–H and O–H groups in total. The van der Waals surface area contributed by atoms with E-state index >= 15 is 0 Å². The van der Waals surface area contributed by atoms with Crippen LogP contribution in [-0.2, 0) is 40.1 Å². The number of piperidine rings is 1. The molecule has 81 heavy (non-hydrogen) atoms. The third-order valence-electron chi connectivity index (χ3n) is 14.2. The lowest BCUT2D eigenvalue weighted by Gasteiger charge is -2.35. The van der Waals surface area contributed by atoms with Crippen LogP contribution in [-0.4, -0.2) is 80.0 Å². The summed E-state index contributed by atoms with van der Waals surface area (Å²) in [6, 6.07) is 27.5. The Balaban J connectivity index is 0.000000274. The number of rotatable bonds is 20. The van der Waals surface area contributed by atoms with Gasteiger partial charge in [-0.05, 0) is 146 Å². The Labute approximate surface area is 478 Å². The Morgan fingerprint density at radius 3 is 1.62 bits per heavy atom. The van der Waals surface area contributed by atoms with Crippen LogP contribution in [0, 0.1) is 39.5 Å². The monoisotopic (exact) mass is 1100 g/mol. The van der Waals surface area contributed by atoms with Crippen molar-refractivity contribution in [1.29, 1.82) is 0 Å². The van der Waals surface area contributed by atoms with Crippen LogP contribution in [0.5, 0.6) is 0 Å². The van der Waals surface area contributed by atoms with Gasteiger partial charge in [0, 0.05) is 74.4 Å². The Morgan fingerprint density at radius 2 is 1.14 bits per heavy atom. The normalized spacial score (nSPS) is 14.4. The Hall–Kier alpha value is -7.78. The Bertz CT molecular complexity index is 3030. The quantitative estimate of drug-likeness (QED) is 0.0615. The Kier molecular flexibility index (Phi) is 25.2. The fourth-order valence-electron chi connectivity index (χ4n) is 10.3. The second-order valence-electron chi connectivity index (χ2n) is 21.7. The molecule has 2 aliphatic rings. The number of nitrogens with one attached hydrogen (secondary N) is 2.